The van der Waals surface area contributed by atoms with Crippen LogP contribution in [0.1, 0.15) is 12.5 Å². The van der Waals surface area contributed by atoms with Crippen LogP contribution in [-0.2, 0) is 16.4 Å². The quantitative estimate of drug-likeness (QED) is 0.617. The molecule has 0 aliphatic heterocycles. The van der Waals surface area contributed by atoms with Crippen LogP contribution in [-0.4, -0.2) is 24.9 Å². The molecule has 0 aliphatic rings. The normalized spacial score (nSPS) is 11.3. The summed E-state index contributed by atoms with van der Waals surface area (Å²) in [7, 11) is -3.78. The van der Waals surface area contributed by atoms with Gasteiger partial charge in [0, 0.05) is 22.2 Å². The third-order valence-corrected chi connectivity index (χ3v) is 6.22. The van der Waals surface area contributed by atoms with Crippen molar-refractivity contribution >= 4 is 27.5 Å². The van der Waals surface area contributed by atoms with Crippen molar-refractivity contribution < 1.29 is 8.42 Å². The van der Waals surface area contributed by atoms with Crippen LogP contribution in [0, 0.1) is 0 Å². The highest BCUT2D eigenvalue weighted by Crippen LogP contribution is 2.27. The first-order chi connectivity index (χ1) is 12.9. The van der Waals surface area contributed by atoms with Crippen LogP contribution in [0.3, 0.4) is 0 Å². The van der Waals surface area contributed by atoms with E-state index in [4.69, 9.17) is 0 Å². The molecule has 0 amide bonds. The van der Waals surface area contributed by atoms with E-state index in [2.05, 4.69) is 14.9 Å². The highest BCUT2D eigenvalue weighted by atomic mass is 32.2. The second kappa shape index (κ2) is 7.98. The highest BCUT2D eigenvalue weighted by molar-refractivity contribution is 7.98. The second-order valence-corrected chi connectivity index (χ2v) is 8.35. The molecule has 0 spiro atoms. The summed E-state index contributed by atoms with van der Waals surface area (Å²) in [5, 5.41) is 6.34. The molecule has 0 saturated heterocycles. The van der Waals surface area contributed by atoms with Gasteiger partial charge in [0.15, 0.2) is 0 Å². The fraction of sp³-hybridized carbons (Fsp3) is 0.158. The van der Waals surface area contributed by atoms with Gasteiger partial charge in [0.2, 0.25) is 0 Å². The van der Waals surface area contributed by atoms with Crippen molar-refractivity contribution in [3.05, 3.63) is 70.5 Å². The summed E-state index contributed by atoms with van der Waals surface area (Å²) >= 11 is 1.54. The summed E-state index contributed by atoms with van der Waals surface area (Å²) < 4.78 is 28.7. The van der Waals surface area contributed by atoms with E-state index in [1.807, 2.05) is 25.3 Å². The Labute approximate surface area is 162 Å². The number of aryl methyl sites for hydroxylation is 1. The largest absolute Gasteiger partial charge is 0.280 e. The summed E-state index contributed by atoms with van der Waals surface area (Å²) in [4.78, 5) is 12.4. The molecule has 2 N–H and O–H groups in total. The average molecular weight is 402 g/mol. The van der Waals surface area contributed by atoms with Crippen LogP contribution in [0.4, 0.5) is 5.69 Å². The van der Waals surface area contributed by atoms with Crippen molar-refractivity contribution in [2.75, 3.05) is 11.0 Å². The van der Waals surface area contributed by atoms with E-state index in [0.29, 0.717) is 28.9 Å². The standard InChI is InChI=1S/C19H19N3O3S2/c1-3-13-7-8-14(17-9-10-19(23)21-20-17)11-18(13)27(24,25)22-15-5-4-6-16(12-15)26-2/h4-12,22H,3H2,1-2H3,(H,21,23). The molecule has 0 saturated carbocycles. The molecule has 0 fully saturated rings. The monoisotopic (exact) mass is 401 g/mol. The molecule has 27 heavy (non-hydrogen) atoms. The Morgan fingerprint density at radius 1 is 1.11 bits per heavy atom. The van der Waals surface area contributed by atoms with Crippen LogP contribution in [0.5, 0.6) is 0 Å². The number of nitrogens with zero attached hydrogens (tertiary/aromatic N) is 1. The third kappa shape index (κ3) is 4.40. The molecule has 0 aliphatic carbocycles. The van der Waals surface area contributed by atoms with E-state index in [0.717, 1.165) is 4.90 Å². The van der Waals surface area contributed by atoms with Crippen molar-refractivity contribution in [3.8, 4) is 11.3 Å². The Bertz CT molecular complexity index is 1100. The molecule has 1 heterocycles. The van der Waals surface area contributed by atoms with Gasteiger partial charge in [-0.25, -0.2) is 13.5 Å². The number of hydrogen-bond acceptors (Lipinski definition) is 5. The Morgan fingerprint density at radius 2 is 1.93 bits per heavy atom. The van der Waals surface area contributed by atoms with Gasteiger partial charge in [-0.3, -0.25) is 9.52 Å². The smallest absolute Gasteiger partial charge is 0.264 e. The van der Waals surface area contributed by atoms with Crippen molar-refractivity contribution in [2.24, 2.45) is 0 Å². The molecular weight excluding hydrogens is 382 g/mol. The number of nitrogens with one attached hydrogen (secondary N) is 2. The lowest BCUT2D eigenvalue weighted by Crippen LogP contribution is -2.15. The van der Waals surface area contributed by atoms with Gasteiger partial charge in [0.1, 0.15) is 0 Å². The molecule has 8 heteroatoms. The first-order valence-electron chi connectivity index (χ1n) is 8.29. The SMILES string of the molecule is CCc1ccc(-c2ccc(=O)[nH]n2)cc1S(=O)(=O)Nc1cccc(SC)c1. The number of H-pyrrole nitrogens is 1. The van der Waals surface area contributed by atoms with Crippen LogP contribution in [0.25, 0.3) is 11.3 Å². The lowest BCUT2D eigenvalue weighted by atomic mass is 10.1. The third-order valence-electron chi connectivity index (χ3n) is 4.03. The van der Waals surface area contributed by atoms with E-state index in [1.54, 1.807) is 48.2 Å². The van der Waals surface area contributed by atoms with E-state index in [-0.39, 0.29) is 10.5 Å². The predicted molar refractivity (Wildman–Crippen MR) is 109 cm³/mol. The lowest BCUT2D eigenvalue weighted by Gasteiger charge is -2.13. The average Bonchev–Trinajstić information content (AvgIpc) is 2.68. The topological polar surface area (TPSA) is 91.9 Å². The van der Waals surface area contributed by atoms with Gasteiger partial charge in [-0.2, -0.15) is 5.10 Å². The fourth-order valence-corrected chi connectivity index (χ4v) is 4.50. The molecular formula is C19H19N3O3S2. The van der Waals surface area contributed by atoms with Crippen molar-refractivity contribution in [3.63, 3.8) is 0 Å². The Hall–Kier alpha value is -2.58. The lowest BCUT2D eigenvalue weighted by molar-refractivity contribution is 0.600. The summed E-state index contributed by atoms with van der Waals surface area (Å²) in [5.74, 6) is 0. The zero-order valence-electron chi connectivity index (χ0n) is 14.9. The van der Waals surface area contributed by atoms with Gasteiger partial charge >= 0.3 is 0 Å². The van der Waals surface area contributed by atoms with Gasteiger partial charge in [-0.05, 0) is 48.6 Å². The minimum absolute atomic E-state index is 0.199. The molecule has 0 atom stereocenters. The predicted octanol–water partition coefficient (Wildman–Crippen LogP) is 3.52. The van der Waals surface area contributed by atoms with Crippen molar-refractivity contribution in [1.82, 2.24) is 10.2 Å². The van der Waals surface area contributed by atoms with Gasteiger partial charge in [0.25, 0.3) is 15.6 Å². The zero-order chi connectivity index (χ0) is 19.4. The molecule has 6 nitrogen and oxygen atoms in total. The van der Waals surface area contributed by atoms with Gasteiger partial charge in [0.05, 0.1) is 10.6 Å². The Kier molecular flexibility index (Phi) is 5.67. The van der Waals surface area contributed by atoms with Crippen LogP contribution >= 0.6 is 11.8 Å². The van der Waals surface area contributed by atoms with E-state index in [9.17, 15) is 13.2 Å². The van der Waals surface area contributed by atoms with Gasteiger partial charge in [-0.15, -0.1) is 11.8 Å². The van der Waals surface area contributed by atoms with Gasteiger partial charge < -0.3 is 0 Å². The van der Waals surface area contributed by atoms with Gasteiger partial charge in [-0.1, -0.05) is 25.1 Å². The number of sulfonamides is 1. The first-order valence-corrected chi connectivity index (χ1v) is 11.0. The number of hydrogen-bond donors (Lipinski definition) is 2. The van der Waals surface area contributed by atoms with Crippen molar-refractivity contribution in [1.29, 1.82) is 0 Å². The van der Waals surface area contributed by atoms with Crippen LogP contribution < -0.4 is 10.3 Å². The number of rotatable bonds is 6. The number of thioether (sulfide) groups is 1. The number of aromatic amines is 1. The van der Waals surface area contributed by atoms with Crippen molar-refractivity contribution in [2.45, 2.75) is 23.1 Å². The highest BCUT2D eigenvalue weighted by Gasteiger charge is 2.19. The number of aromatic nitrogens is 2. The molecule has 0 unspecified atom stereocenters. The van der Waals surface area contributed by atoms with E-state index >= 15 is 0 Å². The Morgan fingerprint density at radius 3 is 2.59 bits per heavy atom. The molecule has 3 rings (SSSR count). The molecule has 1 aromatic heterocycles. The minimum Gasteiger partial charge on any atom is -0.280 e. The number of anilines is 1. The molecule has 2 aromatic carbocycles. The summed E-state index contributed by atoms with van der Waals surface area (Å²) in [6, 6.07) is 15.3. The summed E-state index contributed by atoms with van der Waals surface area (Å²) in [6.07, 6.45) is 2.50. The molecule has 3 aromatic rings. The van der Waals surface area contributed by atoms with E-state index < -0.39 is 10.0 Å². The summed E-state index contributed by atoms with van der Waals surface area (Å²) in [5.41, 5.74) is 2.01. The number of benzene rings is 2. The molecule has 0 radical (unpaired) electrons. The molecule has 0 bridgehead atoms. The minimum atomic E-state index is -3.78. The van der Waals surface area contributed by atoms with E-state index in [1.165, 1.54) is 6.07 Å². The second-order valence-electron chi connectivity index (χ2n) is 5.82. The maximum Gasteiger partial charge on any atom is 0.264 e. The van der Waals surface area contributed by atoms with Crippen LogP contribution in [0.15, 0.2) is 69.2 Å². The first kappa shape index (κ1) is 19.2. The Balaban J connectivity index is 2.03. The maximum atomic E-state index is 13.0. The summed E-state index contributed by atoms with van der Waals surface area (Å²) in [6.45, 7) is 1.90. The zero-order valence-corrected chi connectivity index (χ0v) is 16.5. The fourth-order valence-electron chi connectivity index (χ4n) is 2.66. The molecule has 140 valence electrons. The van der Waals surface area contributed by atoms with Crippen LogP contribution in [0.2, 0.25) is 0 Å². The maximum absolute atomic E-state index is 13.0.